The first kappa shape index (κ1) is 16.0. The minimum Gasteiger partial charge on any atom is -0.494 e. The average Bonchev–Trinajstić information content (AvgIpc) is 3.00. The molecule has 4 heteroatoms. The van der Waals surface area contributed by atoms with Crippen molar-refractivity contribution in [3.8, 4) is 5.75 Å². The molecular formula is C17H23NO2S. The molecule has 1 aromatic heterocycles. The Morgan fingerprint density at radius 2 is 2.14 bits per heavy atom. The van der Waals surface area contributed by atoms with Gasteiger partial charge in [0.05, 0.1) is 6.61 Å². The van der Waals surface area contributed by atoms with Crippen molar-refractivity contribution in [1.82, 2.24) is 5.32 Å². The van der Waals surface area contributed by atoms with Gasteiger partial charge in [0.15, 0.2) is 0 Å². The first-order valence-corrected chi connectivity index (χ1v) is 8.13. The lowest BCUT2D eigenvalue weighted by Crippen LogP contribution is -2.36. The highest BCUT2D eigenvalue weighted by Crippen LogP contribution is 2.26. The van der Waals surface area contributed by atoms with Crippen LogP contribution in [0.15, 0.2) is 41.8 Å². The van der Waals surface area contributed by atoms with Crippen LogP contribution in [-0.4, -0.2) is 18.3 Å². The highest BCUT2D eigenvalue weighted by molar-refractivity contribution is 7.10. The van der Waals surface area contributed by atoms with Crippen molar-refractivity contribution in [3.05, 3.63) is 52.2 Å². The van der Waals surface area contributed by atoms with Gasteiger partial charge >= 0.3 is 0 Å². The van der Waals surface area contributed by atoms with Gasteiger partial charge in [0.2, 0.25) is 0 Å². The van der Waals surface area contributed by atoms with E-state index in [0.717, 1.165) is 16.2 Å². The van der Waals surface area contributed by atoms with Gasteiger partial charge in [-0.15, -0.1) is 11.3 Å². The van der Waals surface area contributed by atoms with Gasteiger partial charge in [-0.25, -0.2) is 0 Å². The van der Waals surface area contributed by atoms with Crippen LogP contribution in [0.3, 0.4) is 0 Å². The molecule has 3 nitrogen and oxygen atoms in total. The van der Waals surface area contributed by atoms with Crippen LogP contribution in [-0.2, 0) is 5.60 Å². The molecule has 0 aliphatic heterocycles. The van der Waals surface area contributed by atoms with Crippen molar-refractivity contribution in [1.29, 1.82) is 0 Å². The van der Waals surface area contributed by atoms with Crippen molar-refractivity contribution >= 4 is 11.3 Å². The molecule has 0 saturated carbocycles. The Balaban J connectivity index is 1.98. The summed E-state index contributed by atoms with van der Waals surface area (Å²) in [4.78, 5) is 0.977. The van der Waals surface area contributed by atoms with E-state index in [1.54, 1.807) is 11.3 Å². The van der Waals surface area contributed by atoms with E-state index in [1.165, 1.54) is 0 Å². The number of hydrogen-bond acceptors (Lipinski definition) is 4. The quantitative estimate of drug-likeness (QED) is 0.819. The zero-order valence-corrected chi connectivity index (χ0v) is 13.6. The average molecular weight is 305 g/mol. The first-order valence-electron chi connectivity index (χ1n) is 7.25. The second-order valence-electron chi connectivity index (χ2n) is 5.36. The van der Waals surface area contributed by atoms with Gasteiger partial charge in [-0.05, 0) is 49.9 Å². The molecule has 0 bridgehead atoms. The lowest BCUT2D eigenvalue weighted by atomic mass is 10.0. The Morgan fingerprint density at radius 1 is 1.33 bits per heavy atom. The number of benzene rings is 1. The van der Waals surface area contributed by atoms with Crippen molar-refractivity contribution in [2.24, 2.45) is 0 Å². The van der Waals surface area contributed by atoms with E-state index in [0.29, 0.717) is 13.2 Å². The molecule has 0 saturated heterocycles. The molecule has 114 valence electrons. The van der Waals surface area contributed by atoms with Crippen LogP contribution < -0.4 is 10.1 Å². The first-order chi connectivity index (χ1) is 10.0. The summed E-state index contributed by atoms with van der Waals surface area (Å²) >= 11 is 1.58. The van der Waals surface area contributed by atoms with Gasteiger partial charge in [-0.1, -0.05) is 18.2 Å². The van der Waals surface area contributed by atoms with Gasteiger partial charge in [0.25, 0.3) is 0 Å². The molecule has 0 aliphatic rings. The van der Waals surface area contributed by atoms with Gasteiger partial charge in [0.1, 0.15) is 11.4 Å². The van der Waals surface area contributed by atoms with Gasteiger partial charge in [0, 0.05) is 17.5 Å². The third-order valence-electron chi connectivity index (χ3n) is 3.47. The Bertz CT molecular complexity index is 552. The molecule has 2 aromatic rings. The second-order valence-corrected chi connectivity index (χ2v) is 6.31. The fourth-order valence-corrected chi connectivity index (χ4v) is 2.97. The molecule has 2 unspecified atom stereocenters. The Labute approximate surface area is 130 Å². The molecule has 0 radical (unpaired) electrons. The van der Waals surface area contributed by atoms with E-state index >= 15 is 0 Å². The summed E-state index contributed by atoms with van der Waals surface area (Å²) in [7, 11) is 0. The van der Waals surface area contributed by atoms with Crippen LogP contribution in [0.25, 0.3) is 0 Å². The van der Waals surface area contributed by atoms with Crippen LogP contribution >= 0.6 is 11.3 Å². The van der Waals surface area contributed by atoms with E-state index in [9.17, 15) is 5.11 Å². The second kappa shape index (κ2) is 7.07. The summed E-state index contributed by atoms with van der Waals surface area (Å²) in [6, 6.07) is 12.1. The minimum atomic E-state index is -0.847. The lowest BCUT2D eigenvalue weighted by Gasteiger charge is -2.25. The third-order valence-corrected chi connectivity index (χ3v) is 4.60. The molecule has 0 amide bonds. The van der Waals surface area contributed by atoms with Crippen molar-refractivity contribution in [3.63, 3.8) is 0 Å². The zero-order chi connectivity index (χ0) is 15.3. The Morgan fingerprint density at radius 3 is 2.81 bits per heavy atom. The van der Waals surface area contributed by atoms with Crippen molar-refractivity contribution in [2.75, 3.05) is 13.2 Å². The van der Waals surface area contributed by atoms with Crippen LogP contribution in [0.2, 0.25) is 0 Å². The highest BCUT2D eigenvalue weighted by Gasteiger charge is 2.24. The van der Waals surface area contributed by atoms with Gasteiger partial charge < -0.3 is 15.2 Å². The maximum Gasteiger partial charge on any atom is 0.119 e. The third kappa shape index (κ3) is 4.30. The molecule has 0 spiro atoms. The molecule has 2 atom stereocenters. The minimum absolute atomic E-state index is 0.150. The molecule has 21 heavy (non-hydrogen) atoms. The summed E-state index contributed by atoms with van der Waals surface area (Å²) in [5.41, 5.74) is 0.308. The van der Waals surface area contributed by atoms with Crippen LogP contribution in [0, 0.1) is 0 Å². The summed E-state index contributed by atoms with van der Waals surface area (Å²) in [5.74, 6) is 0.883. The van der Waals surface area contributed by atoms with E-state index in [-0.39, 0.29) is 6.04 Å². The van der Waals surface area contributed by atoms with Gasteiger partial charge in [-0.3, -0.25) is 0 Å². The highest BCUT2D eigenvalue weighted by atomic mass is 32.1. The number of thiophene rings is 1. The Hall–Kier alpha value is -1.36. The maximum absolute atomic E-state index is 10.5. The number of nitrogens with one attached hydrogen (secondary N) is 1. The standard InChI is InChI=1S/C17H23NO2S/c1-4-20-15-8-5-7-14(11-15)13(2)18-12-17(3,19)16-9-6-10-21-16/h5-11,13,18-19H,4,12H2,1-3H3. The van der Waals surface area contributed by atoms with E-state index in [4.69, 9.17) is 4.74 Å². The number of ether oxygens (including phenoxy) is 1. The summed E-state index contributed by atoms with van der Waals surface area (Å²) in [5, 5.41) is 15.9. The van der Waals surface area contributed by atoms with Crippen LogP contribution in [0.4, 0.5) is 0 Å². The summed E-state index contributed by atoms with van der Waals surface area (Å²) < 4.78 is 5.53. The smallest absolute Gasteiger partial charge is 0.119 e. The van der Waals surface area contributed by atoms with Crippen LogP contribution in [0.1, 0.15) is 37.3 Å². The zero-order valence-electron chi connectivity index (χ0n) is 12.8. The van der Waals surface area contributed by atoms with E-state index in [1.807, 2.05) is 49.6 Å². The Kier molecular flexibility index (Phi) is 5.39. The van der Waals surface area contributed by atoms with Crippen molar-refractivity contribution < 1.29 is 9.84 Å². The molecule has 2 rings (SSSR count). The molecule has 0 fully saturated rings. The number of hydrogen-bond donors (Lipinski definition) is 2. The predicted octanol–water partition coefficient (Wildman–Crippen LogP) is 3.71. The normalized spacial score (nSPS) is 15.4. The van der Waals surface area contributed by atoms with E-state index < -0.39 is 5.60 Å². The number of aliphatic hydroxyl groups is 1. The molecule has 1 aromatic carbocycles. The van der Waals surface area contributed by atoms with Crippen LogP contribution in [0.5, 0.6) is 5.75 Å². The molecule has 0 aliphatic carbocycles. The summed E-state index contributed by atoms with van der Waals surface area (Å²) in [6.07, 6.45) is 0. The number of rotatable bonds is 7. The maximum atomic E-state index is 10.5. The summed E-state index contributed by atoms with van der Waals surface area (Å²) in [6.45, 7) is 7.09. The largest absolute Gasteiger partial charge is 0.494 e. The van der Waals surface area contributed by atoms with Gasteiger partial charge in [-0.2, -0.15) is 0 Å². The fourth-order valence-electron chi connectivity index (χ4n) is 2.18. The molecular weight excluding hydrogens is 282 g/mol. The molecule has 2 N–H and O–H groups in total. The van der Waals surface area contributed by atoms with Crippen molar-refractivity contribution in [2.45, 2.75) is 32.4 Å². The fraction of sp³-hybridized carbons (Fsp3) is 0.412. The monoisotopic (exact) mass is 305 g/mol. The van der Waals surface area contributed by atoms with E-state index in [2.05, 4.69) is 18.3 Å². The topological polar surface area (TPSA) is 41.5 Å². The molecule has 1 heterocycles. The lowest BCUT2D eigenvalue weighted by molar-refractivity contribution is 0.0581. The predicted molar refractivity (Wildman–Crippen MR) is 87.9 cm³/mol. The SMILES string of the molecule is CCOc1cccc(C(C)NCC(C)(O)c2cccs2)c1.